The number of piperidine rings is 1. The van der Waals surface area contributed by atoms with E-state index in [0.29, 0.717) is 11.5 Å². The average molecular weight is 339 g/mol. The first-order chi connectivity index (χ1) is 12.1. The Kier molecular flexibility index (Phi) is 3.63. The van der Waals surface area contributed by atoms with Crippen LogP contribution in [0.15, 0.2) is 36.4 Å². The molecule has 5 fully saturated rings. The zero-order valence-corrected chi connectivity index (χ0v) is 15.8. The summed E-state index contributed by atoms with van der Waals surface area (Å²) in [5.41, 5.74) is 8.37. The molecule has 1 aromatic carbocycles. The van der Waals surface area contributed by atoms with Gasteiger partial charge in [-0.05, 0) is 86.1 Å². The summed E-state index contributed by atoms with van der Waals surface area (Å²) in [5.74, 6) is 2.26. The Morgan fingerprint density at radius 1 is 0.920 bits per heavy atom. The quantitative estimate of drug-likeness (QED) is 0.870. The molecule has 1 saturated heterocycles. The minimum atomic E-state index is 0.480. The number of fused-ring (bicyclic) bond motifs is 1. The highest BCUT2D eigenvalue weighted by Gasteiger charge is 2.82. The molecule has 2 heteroatoms. The molecule has 1 spiro atoms. The van der Waals surface area contributed by atoms with Crippen LogP contribution in [0.1, 0.15) is 51.9 Å². The number of nitrogens with two attached hydrogens (primary N) is 1. The number of rotatable bonds is 2. The normalized spacial score (nSPS) is 47.3. The average Bonchev–Trinajstić information content (AvgIpc) is 3.03. The van der Waals surface area contributed by atoms with Gasteiger partial charge in [0.1, 0.15) is 0 Å². The van der Waals surface area contributed by atoms with Crippen molar-refractivity contribution in [1.82, 2.24) is 4.90 Å². The molecule has 5 aliphatic rings. The van der Waals surface area contributed by atoms with Crippen molar-refractivity contribution in [3.05, 3.63) is 36.4 Å². The third-order valence-corrected chi connectivity index (χ3v) is 8.82. The summed E-state index contributed by atoms with van der Waals surface area (Å²) in [6.45, 7) is 6.56. The van der Waals surface area contributed by atoms with E-state index in [1.165, 1.54) is 32.5 Å². The van der Waals surface area contributed by atoms with E-state index in [1.54, 1.807) is 32.1 Å². The standard InChI is InChI=1S/C17H28N2.C6H6/c1-15-7-12-6-13-8-16(9-15,10-17(12,13)15)11-19-4-2-14(18)3-5-19;1-2-4-6-5-3-1/h12-14H,2-11,18H2,1H3;1-6H. The first-order valence-electron chi connectivity index (χ1n) is 10.5. The summed E-state index contributed by atoms with van der Waals surface area (Å²) in [4.78, 5) is 2.76. The fraction of sp³-hybridized carbons (Fsp3) is 0.739. The molecular weight excluding hydrogens is 304 g/mol. The molecule has 2 N–H and O–H groups in total. The van der Waals surface area contributed by atoms with Gasteiger partial charge in [-0.3, -0.25) is 0 Å². The third kappa shape index (κ3) is 2.29. The van der Waals surface area contributed by atoms with E-state index in [2.05, 4.69) is 11.8 Å². The molecule has 5 unspecified atom stereocenters. The van der Waals surface area contributed by atoms with Gasteiger partial charge >= 0.3 is 0 Å². The number of nitrogens with zero attached hydrogens (tertiary/aromatic N) is 1. The second-order valence-corrected chi connectivity index (χ2v) is 10.3. The van der Waals surface area contributed by atoms with E-state index in [1.807, 2.05) is 36.4 Å². The number of hydrogen-bond acceptors (Lipinski definition) is 2. The van der Waals surface area contributed by atoms with Crippen LogP contribution in [0.25, 0.3) is 0 Å². The largest absolute Gasteiger partial charge is 0.328 e. The molecule has 2 bridgehead atoms. The maximum atomic E-state index is 6.05. The van der Waals surface area contributed by atoms with E-state index in [4.69, 9.17) is 5.73 Å². The predicted molar refractivity (Wildman–Crippen MR) is 103 cm³/mol. The highest BCUT2D eigenvalue weighted by Crippen LogP contribution is 2.89. The van der Waals surface area contributed by atoms with E-state index < -0.39 is 0 Å². The van der Waals surface area contributed by atoms with Crippen molar-refractivity contribution in [3.63, 3.8) is 0 Å². The van der Waals surface area contributed by atoms with Gasteiger partial charge in [-0.25, -0.2) is 0 Å². The zero-order valence-electron chi connectivity index (χ0n) is 15.8. The molecule has 25 heavy (non-hydrogen) atoms. The van der Waals surface area contributed by atoms with Crippen LogP contribution in [0, 0.1) is 28.1 Å². The Hall–Kier alpha value is -0.860. The second kappa shape index (κ2) is 5.57. The third-order valence-electron chi connectivity index (χ3n) is 8.82. The molecule has 1 aliphatic heterocycles. The van der Waals surface area contributed by atoms with E-state index in [-0.39, 0.29) is 0 Å². The molecule has 5 atom stereocenters. The van der Waals surface area contributed by atoms with Crippen molar-refractivity contribution in [2.24, 2.45) is 33.8 Å². The lowest BCUT2D eigenvalue weighted by Gasteiger charge is -2.72. The lowest BCUT2D eigenvalue weighted by Crippen LogP contribution is -2.65. The second-order valence-electron chi connectivity index (χ2n) is 10.3. The number of likely N-dealkylation sites (tertiary alicyclic amines) is 1. The molecule has 0 radical (unpaired) electrons. The molecule has 2 nitrogen and oxygen atoms in total. The van der Waals surface area contributed by atoms with Gasteiger partial charge in [-0.2, -0.15) is 0 Å². The van der Waals surface area contributed by atoms with Gasteiger partial charge in [0.25, 0.3) is 0 Å². The van der Waals surface area contributed by atoms with Crippen LogP contribution in [0.4, 0.5) is 0 Å². The predicted octanol–water partition coefficient (Wildman–Crippen LogP) is 4.31. The Morgan fingerprint density at radius 2 is 1.52 bits per heavy atom. The molecular formula is C23H34N2. The van der Waals surface area contributed by atoms with E-state index >= 15 is 0 Å². The topological polar surface area (TPSA) is 29.3 Å². The molecule has 1 aromatic rings. The molecule has 0 amide bonds. The summed E-state index contributed by atoms with van der Waals surface area (Å²) >= 11 is 0. The highest BCUT2D eigenvalue weighted by atomic mass is 15.1. The molecule has 136 valence electrons. The van der Waals surface area contributed by atoms with Gasteiger partial charge in [0.15, 0.2) is 0 Å². The van der Waals surface area contributed by atoms with Crippen molar-refractivity contribution in [2.75, 3.05) is 19.6 Å². The Labute approximate surface area is 153 Å². The van der Waals surface area contributed by atoms with Crippen LogP contribution >= 0.6 is 0 Å². The zero-order chi connectivity index (χ0) is 17.1. The summed E-state index contributed by atoms with van der Waals surface area (Å²) in [7, 11) is 0. The molecule has 0 aromatic heterocycles. The van der Waals surface area contributed by atoms with Gasteiger partial charge < -0.3 is 10.6 Å². The smallest absolute Gasteiger partial charge is 0.00631 e. The summed E-state index contributed by atoms with van der Waals surface area (Å²) in [6, 6.07) is 12.5. The lowest BCUT2D eigenvalue weighted by atomic mass is 9.32. The van der Waals surface area contributed by atoms with Gasteiger partial charge in [0.05, 0.1) is 0 Å². The van der Waals surface area contributed by atoms with Crippen LogP contribution in [0.5, 0.6) is 0 Å². The number of benzene rings is 1. The summed E-state index contributed by atoms with van der Waals surface area (Å²) in [6.07, 6.45) is 10.3. The van der Waals surface area contributed by atoms with Crippen molar-refractivity contribution < 1.29 is 0 Å². The lowest BCUT2D eigenvalue weighted by molar-refractivity contribution is -0.237. The van der Waals surface area contributed by atoms with Gasteiger partial charge in [-0.1, -0.05) is 43.3 Å². The highest BCUT2D eigenvalue weighted by molar-refractivity contribution is 5.31. The Morgan fingerprint density at radius 3 is 2.04 bits per heavy atom. The molecule has 1 heterocycles. The molecule has 6 rings (SSSR count). The minimum absolute atomic E-state index is 0.480. The number of hydrogen-bond donors (Lipinski definition) is 1. The molecule has 4 aliphatic carbocycles. The minimum Gasteiger partial charge on any atom is -0.328 e. The van der Waals surface area contributed by atoms with Crippen LogP contribution < -0.4 is 5.73 Å². The van der Waals surface area contributed by atoms with E-state index in [0.717, 1.165) is 22.7 Å². The van der Waals surface area contributed by atoms with Crippen LogP contribution in [-0.2, 0) is 0 Å². The fourth-order valence-corrected chi connectivity index (χ4v) is 8.12. The van der Waals surface area contributed by atoms with Crippen molar-refractivity contribution in [2.45, 2.75) is 57.9 Å². The van der Waals surface area contributed by atoms with Crippen molar-refractivity contribution >= 4 is 0 Å². The first-order valence-corrected chi connectivity index (χ1v) is 10.5. The summed E-state index contributed by atoms with van der Waals surface area (Å²) in [5, 5.41) is 0. The van der Waals surface area contributed by atoms with Gasteiger partial charge in [0.2, 0.25) is 0 Å². The monoisotopic (exact) mass is 338 g/mol. The van der Waals surface area contributed by atoms with Crippen molar-refractivity contribution in [1.29, 1.82) is 0 Å². The fourth-order valence-electron chi connectivity index (χ4n) is 8.12. The van der Waals surface area contributed by atoms with Crippen molar-refractivity contribution in [3.8, 4) is 0 Å². The van der Waals surface area contributed by atoms with E-state index in [9.17, 15) is 0 Å². The summed E-state index contributed by atoms with van der Waals surface area (Å²) < 4.78 is 0. The Bertz CT molecular complexity index is 596. The SMILES string of the molecule is CC12CC3CC4CC(CN5CCC(N)CC5)(C1)CC432.c1ccccc1. The first kappa shape index (κ1) is 16.3. The molecule has 4 saturated carbocycles. The van der Waals surface area contributed by atoms with Crippen LogP contribution in [0.2, 0.25) is 0 Å². The maximum absolute atomic E-state index is 6.05. The van der Waals surface area contributed by atoms with Gasteiger partial charge in [-0.15, -0.1) is 0 Å². The van der Waals surface area contributed by atoms with Gasteiger partial charge in [0, 0.05) is 12.6 Å². The Balaban J connectivity index is 0.000000201. The maximum Gasteiger partial charge on any atom is 0.00631 e. The van der Waals surface area contributed by atoms with Crippen LogP contribution in [-0.4, -0.2) is 30.6 Å². The van der Waals surface area contributed by atoms with Crippen LogP contribution in [0.3, 0.4) is 0 Å².